The van der Waals surface area contributed by atoms with E-state index < -0.39 is 0 Å². The molecule has 0 saturated carbocycles. The van der Waals surface area contributed by atoms with Gasteiger partial charge in [-0.1, -0.05) is 5.16 Å². The molecule has 0 spiro atoms. The normalized spacial score (nSPS) is 19.8. The zero-order valence-corrected chi connectivity index (χ0v) is 6.25. The standard InChI is InChI=1S/C6H12N4O/c7-6(8)10-3-1-5(9-11)2-4-10/h11H,1-4H2,(H3,7,8)/q+1. The summed E-state index contributed by atoms with van der Waals surface area (Å²) in [6.45, 7) is 1.38. The Balaban J connectivity index is 2.42. The predicted octanol–water partition coefficient (Wildman–Crippen LogP) is -0.356. The van der Waals surface area contributed by atoms with Gasteiger partial charge in [0.25, 0.3) is 0 Å². The molecule has 5 heteroatoms. The molecular weight excluding hydrogens is 144 g/mol. The largest absolute Gasteiger partial charge is 0.411 e. The summed E-state index contributed by atoms with van der Waals surface area (Å²) in [4.78, 5) is 1.76. The zero-order valence-electron chi connectivity index (χ0n) is 6.25. The van der Waals surface area contributed by atoms with Gasteiger partial charge in [-0.2, -0.15) is 0 Å². The molecule has 5 nitrogen and oxygen atoms in total. The zero-order chi connectivity index (χ0) is 8.27. The topological polar surface area (TPSA) is 88.4 Å². The van der Waals surface area contributed by atoms with Crippen molar-refractivity contribution in [2.45, 2.75) is 12.8 Å². The van der Waals surface area contributed by atoms with E-state index in [0.717, 1.165) is 5.71 Å². The molecule has 1 radical (unpaired) electrons. The van der Waals surface area contributed by atoms with Gasteiger partial charge in [-0.3, -0.25) is 0 Å². The van der Waals surface area contributed by atoms with Gasteiger partial charge in [-0.15, -0.1) is 4.90 Å². The monoisotopic (exact) mass is 156 g/mol. The van der Waals surface area contributed by atoms with Gasteiger partial charge >= 0.3 is 5.96 Å². The van der Waals surface area contributed by atoms with Crippen LogP contribution in [-0.2, 0) is 0 Å². The van der Waals surface area contributed by atoms with Gasteiger partial charge in [0.1, 0.15) is 13.1 Å². The summed E-state index contributed by atoms with van der Waals surface area (Å²) in [5, 5.41) is 18.6. The van der Waals surface area contributed by atoms with Crippen LogP contribution in [0.25, 0.3) is 0 Å². The molecule has 0 atom stereocenters. The molecule has 0 bridgehead atoms. The fraction of sp³-hybridized carbons (Fsp3) is 0.667. The number of piperidine rings is 1. The first kappa shape index (κ1) is 8.00. The van der Waals surface area contributed by atoms with Crippen molar-refractivity contribution in [2.24, 2.45) is 10.9 Å². The molecule has 1 aliphatic heterocycles. The van der Waals surface area contributed by atoms with Crippen LogP contribution in [0, 0.1) is 5.41 Å². The van der Waals surface area contributed by atoms with E-state index in [1.807, 2.05) is 0 Å². The minimum Gasteiger partial charge on any atom is -0.411 e. The molecule has 0 unspecified atom stereocenters. The Morgan fingerprint density at radius 1 is 1.55 bits per heavy atom. The minimum atomic E-state index is 0.0991. The van der Waals surface area contributed by atoms with E-state index in [0.29, 0.717) is 25.9 Å². The molecule has 1 heterocycles. The lowest BCUT2D eigenvalue weighted by molar-refractivity contribution is 0.313. The number of likely N-dealkylation sites (tertiary alicyclic amines) is 1. The van der Waals surface area contributed by atoms with E-state index in [2.05, 4.69) is 5.16 Å². The molecule has 1 aliphatic rings. The SMILES string of the molecule is N=C(N)[N+]1CCC(=NO)CC1. The third kappa shape index (κ3) is 1.91. The average Bonchev–Trinajstić information content (AvgIpc) is 2.05. The van der Waals surface area contributed by atoms with Crippen LogP contribution in [0.3, 0.4) is 0 Å². The van der Waals surface area contributed by atoms with Crippen LogP contribution in [-0.4, -0.2) is 30.0 Å². The van der Waals surface area contributed by atoms with E-state index in [1.54, 1.807) is 4.90 Å². The van der Waals surface area contributed by atoms with Crippen molar-refractivity contribution in [1.29, 1.82) is 5.41 Å². The average molecular weight is 156 g/mol. The first-order chi connectivity index (χ1) is 5.24. The van der Waals surface area contributed by atoms with Gasteiger partial charge in [0.2, 0.25) is 0 Å². The summed E-state index contributed by atoms with van der Waals surface area (Å²) in [7, 11) is 0. The summed E-state index contributed by atoms with van der Waals surface area (Å²) in [5.41, 5.74) is 6.05. The molecule has 1 saturated heterocycles. The second kappa shape index (κ2) is 3.34. The third-order valence-corrected chi connectivity index (χ3v) is 1.82. The van der Waals surface area contributed by atoms with Crippen molar-refractivity contribution in [3.8, 4) is 0 Å². The fourth-order valence-electron chi connectivity index (χ4n) is 1.11. The number of guanidine groups is 1. The Kier molecular flexibility index (Phi) is 2.43. The van der Waals surface area contributed by atoms with Gasteiger partial charge < -0.3 is 10.9 Å². The van der Waals surface area contributed by atoms with Crippen LogP contribution >= 0.6 is 0 Å². The summed E-state index contributed by atoms with van der Waals surface area (Å²) in [6, 6.07) is 0. The maximum atomic E-state index is 8.40. The molecule has 0 aliphatic carbocycles. The quantitative estimate of drug-likeness (QED) is 0.147. The Morgan fingerprint density at radius 2 is 2.09 bits per heavy atom. The second-order valence-electron chi connectivity index (χ2n) is 2.54. The summed E-state index contributed by atoms with van der Waals surface area (Å²) < 4.78 is 0. The van der Waals surface area contributed by atoms with Gasteiger partial charge in [-0.05, 0) is 0 Å². The van der Waals surface area contributed by atoms with Crippen LogP contribution in [0.1, 0.15) is 12.8 Å². The first-order valence-electron chi connectivity index (χ1n) is 3.53. The fourth-order valence-corrected chi connectivity index (χ4v) is 1.11. The summed E-state index contributed by atoms with van der Waals surface area (Å²) >= 11 is 0. The van der Waals surface area contributed by atoms with E-state index in [1.165, 1.54) is 0 Å². The van der Waals surface area contributed by atoms with Gasteiger partial charge in [-0.25, -0.2) is 5.41 Å². The van der Waals surface area contributed by atoms with E-state index >= 15 is 0 Å². The Morgan fingerprint density at radius 3 is 2.45 bits per heavy atom. The summed E-state index contributed by atoms with van der Waals surface area (Å²) in [6.07, 6.45) is 1.41. The third-order valence-electron chi connectivity index (χ3n) is 1.82. The number of nitrogens with two attached hydrogens (primary N) is 1. The Labute approximate surface area is 65.0 Å². The molecule has 61 valence electrons. The molecule has 11 heavy (non-hydrogen) atoms. The summed E-state index contributed by atoms with van der Waals surface area (Å²) in [5.74, 6) is 0.0991. The molecule has 0 aromatic carbocycles. The highest BCUT2D eigenvalue weighted by Crippen LogP contribution is 2.03. The number of nitrogens with zero attached hydrogens (tertiary/aromatic N) is 2. The minimum absolute atomic E-state index is 0.0991. The predicted molar refractivity (Wildman–Crippen MR) is 42.2 cm³/mol. The van der Waals surface area contributed by atoms with Gasteiger partial charge in [0, 0.05) is 12.8 Å². The van der Waals surface area contributed by atoms with E-state index in [9.17, 15) is 0 Å². The van der Waals surface area contributed by atoms with Crippen molar-refractivity contribution in [3.05, 3.63) is 0 Å². The number of nitrogens with one attached hydrogen (secondary N) is 1. The number of hydrogen-bond donors (Lipinski definition) is 3. The van der Waals surface area contributed by atoms with Crippen molar-refractivity contribution >= 4 is 11.7 Å². The highest BCUT2D eigenvalue weighted by molar-refractivity contribution is 5.87. The first-order valence-corrected chi connectivity index (χ1v) is 3.53. The Hall–Kier alpha value is -1.10. The van der Waals surface area contributed by atoms with Crippen LogP contribution < -0.4 is 10.6 Å². The number of oxime groups is 1. The smallest absolute Gasteiger partial charge is 0.341 e. The molecule has 1 fully saturated rings. The van der Waals surface area contributed by atoms with Crippen LogP contribution in [0.5, 0.6) is 0 Å². The van der Waals surface area contributed by atoms with Crippen molar-refractivity contribution in [1.82, 2.24) is 4.90 Å². The molecule has 0 aromatic rings. The van der Waals surface area contributed by atoms with E-state index in [-0.39, 0.29) is 5.96 Å². The van der Waals surface area contributed by atoms with Crippen LogP contribution in [0.15, 0.2) is 5.16 Å². The van der Waals surface area contributed by atoms with Crippen molar-refractivity contribution in [3.63, 3.8) is 0 Å². The Bertz CT molecular complexity index is 179. The highest BCUT2D eigenvalue weighted by atomic mass is 16.4. The number of hydrogen-bond acceptors (Lipinski definition) is 3. The van der Waals surface area contributed by atoms with Crippen molar-refractivity contribution in [2.75, 3.05) is 13.1 Å². The second-order valence-corrected chi connectivity index (χ2v) is 2.54. The molecule has 1 rings (SSSR count). The van der Waals surface area contributed by atoms with Gasteiger partial charge in [0.15, 0.2) is 0 Å². The van der Waals surface area contributed by atoms with Gasteiger partial charge in [0.05, 0.1) is 5.71 Å². The molecule has 0 aromatic heterocycles. The highest BCUT2D eigenvalue weighted by Gasteiger charge is 2.25. The lowest BCUT2D eigenvalue weighted by Crippen LogP contribution is -2.47. The van der Waals surface area contributed by atoms with Crippen LogP contribution in [0.4, 0.5) is 0 Å². The van der Waals surface area contributed by atoms with E-state index in [4.69, 9.17) is 16.4 Å². The maximum Gasteiger partial charge on any atom is 0.341 e. The lowest BCUT2D eigenvalue weighted by atomic mass is 10.1. The molecule has 4 N–H and O–H groups in total. The van der Waals surface area contributed by atoms with Crippen LogP contribution in [0.2, 0.25) is 0 Å². The van der Waals surface area contributed by atoms with Crippen molar-refractivity contribution < 1.29 is 5.21 Å². The molecule has 0 amide bonds. The maximum absolute atomic E-state index is 8.40. The number of rotatable bonds is 0. The molecular formula is C6H12N4O+. The lowest BCUT2D eigenvalue weighted by Gasteiger charge is -2.14.